The normalized spacial score (nSPS) is 54.2. The smallest absolute Gasteiger partial charge is 0.00150 e. The van der Waals surface area contributed by atoms with E-state index in [0.29, 0.717) is 0 Å². The Morgan fingerprint density at radius 1 is 1.00 bits per heavy atom. The van der Waals surface area contributed by atoms with Crippen LogP contribution in [-0.4, -0.2) is 13.1 Å². The van der Waals surface area contributed by atoms with Crippen LogP contribution in [0.15, 0.2) is 0 Å². The fraction of sp³-hybridized carbons (Fsp3) is 1.00. The van der Waals surface area contributed by atoms with Crippen molar-refractivity contribution in [3.8, 4) is 0 Å². The number of rotatable bonds is 2. The monoisotopic (exact) mass is 247 g/mol. The number of piperidine rings is 1. The van der Waals surface area contributed by atoms with E-state index in [1.54, 1.807) is 32.1 Å². The van der Waals surface area contributed by atoms with Gasteiger partial charge in [0.05, 0.1) is 0 Å². The molecule has 5 fully saturated rings. The standard InChI is InChI=1S/C17H29N/c1-2-3-14-11-18-5-4-17(14)15-7-12-6-13(9-15)10-16(17)8-12/h12-16,18H,2-11H2,1H3. The second kappa shape index (κ2) is 4.23. The maximum absolute atomic E-state index is 3.70. The third-order valence-corrected chi connectivity index (χ3v) is 7.18. The molecule has 1 spiro atoms. The molecule has 4 bridgehead atoms. The molecular weight excluding hydrogens is 218 g/mol. The molecule has 0 aromatic carbocycles. The Labute approximate surface area is 112 Å². The van der Waals surface area contributed by atoms with E-state index in [1.807, 2.05) is 0 Å². The quantitative estimate of drug-likeness (QED) is 0.782. The zero-order valence-corrected chi connectivity index (χ0v) is 12.0. The SMILES string of the molecule is CCCC1CNCCC12C1CC3CC(C1)CC2C3. The van der Waals surface area contributed by atoms with Crippen LogP contribution in [0.2, 0.25) is 0 Å². The molecule has 0 radical (unpaired) electrons. The molecular formula is C17H29N. The van der Waals surface area contributed by atoms with Crippen LogP contribution >= 0.6 is 0 Å². The topological polar surface area (TPSA) is 12.0 Å². The first kappa shape index (κ1) is 11.8. The molecule has 0 aromatic rings. The van der Waals surface area contributed by atoms with Gasteiger partial charge in [0.15, 0.2) is 0 Å². The van der Waals surface area contributed by atoms with Crippen LogP contribution in [0.1, 0.15) is 58.3 Å². The number of nitrogens with one attached hydrogen (secondary N) is 1. The van der Waals surface area contributed by atoms with Gasteiger partial charge in [-0.1, -0.05) is 13.3 Å². The van der Waals surface area contributed by atoms with Crippen LogP contribution in [0.4, 0.5) is 0 Å². The van der Waals surface area contributed by atoms with Crippen molar-refractivity contribution in [3.05, 3.63) is 0 Å². The average Bonchev–Trinajstić information content (AvgIpc) is 2.37. The van der Waals surface area contributed by atoms with E-state index in [0.717, 1.165) is 35.0 Å². The summed E-state index contributed by atoms with van der Waals surface area (Å²) in [5, 5.41) is 3.70. The van der Waals surface area contributed by atoms with E-state index < -0.39 is 0 Å². The van der Waals surface area contributed by atoms with Crippen LogP contribution in [0.25, 0.3) is 0 Å². The summed E-state index contributed by atoms with van der Waals surface area (Å²) >= 11 is 0. The highest BCUT2D eigenvalue weighted by molar-refractivity contribution is 5.09. The first-order valence-corrected chi connectivity index (χ1v) is 8.53. The maximum Gasteiger partial charge on any atom is -0.00150 e. The van der Waals surface area contributed by atoms with Crippen LogP contribution in [-0.2, 0) is 0 Å². The van der Waals surface area contributed by atoms with Crippen molar-refractivity contribution in [1.29, 1.82) is 0 Å². The molecule has 102 valence electrons. The van der Waals surface area contributed by atoms with Gasteiger partial charge >= 0.3 is 0 Å². The second-order valence-electron chi connectivity index (χ2n) is 7.86. The molecule has 1 saturated heterocycles. The molecule has 18 heavy (non-hydrogen) atoms. The van der Waals surface area contributed by atoms with Gasteiger partial charge in [0, 0.05) is 0 Å². The minimum atomic E-state index is 0.786. The summed E-state index contributed by atoms with van der Waals surface area (Å²) in [6.45, 7) is 5.02. The number of hydrogen-bond donors (Lipinski definition) is 1. The lowest BCUT2D eigenvalue weighted by Crippen LogP contribution is -2.60. The highest BCUT2D eigenvalue weighted by Crippen LogP contribution is 2.66. The fourth-order valence-electron chi connectivity index (χ4n) is 6.83. The van der Waals surface area contributed by atoms with Crippen molar-refractivity contribution in [2.24, 2.45) is 35.0 Å². The minimum Gasteiger partial charge on any atom is -0.316 e. The predicted molar refractivity (Wildman–Crippen MR) is 75.4 cm³/mol. The van der Waals surface area contributed by atoms with Crippen molar-refractivity contribution in [2.75, 3.05) is 13.1 Å². The predicted octanol–water partition coefficient (Wildman–Crippen LogP) is 3.84. The van der Waals surface area contributed by atoms with Gasteiger partial charge in [0.25, 0.3) is 0 Å². The van der Waals surface area contributed by atoms with E-state index in [1.165, 1.54) is 32.4 Å². The van der Waals surface area contributed by atoms with Gasteiger partial charge in [-0.15, -0.1) is 0 Å². The fourth-order valence-corrected chi connectivity index (χ4v) is 6.83. The minimum absolute atomic E-state index is 0.786. The van der Waals surface area contributed by atoms with Gasteiger partial charge < -0.3 is 5.32 Å². The Hall–Kier alpha value is -0.0400. The first-order chi connectivity index (χ1) is 8.83. The van der Waals surface area contributed by atoms with Crippen LogP contribution in [0.3, 0.4) is 0 Å². The molecule has 1 heterocycles. The summed E-state index contributed by atoms with van der Waals surface area (Å²) in [6.07, 6.45) is 12.4. The Kier molecular flexibility index (Phi) is 2.76. The van der Waals surface area contributed by atoms with E-state index in [4.69, 9.17) is 0 Å². The van der Waals surface area contributed by atoms with Crippen molar-refractivity contribution in [2.45, 2.75) is 58.3 Å². The van der Waals surface area contributed by atoms with Crippen molar-refractivity contribution in [3.63, 3.8) is 0 Å². The summed E-state index contributed by atoms with van der Waals surface area (Å²) in [5.74, 6) is 5.51. The second-order valence-corrected chi connectivity index (χ2v) is 7.86. The van der Waals surface area contributed by atoms with Crippen molar-refractivity contribution in [1.82, 2.24) is 5.32 Å². The summed E-state index contributed by atoms with van der Waals surface area (Å²) in [6, 6.07) is 0. The molecule has 1 aliphatic heterocycles. The largest absolute Gasteiger partial charge is 0.316 e. The molecule has 1 heteroatoms. The molecule has 1 nitrogen and oxygen atoms in total. The molecule has 0 amide bonds. The third kappa shape index (κ3) is 1.49. The van der Waals surface area contributed by atoms with Crippen LogP contribution in [0, 0.1) is 35.0 Å². The zero-order chi connectivity index (χ0) is 12.2. The van der Waals surface area contributed by atoms with Crippen molar-refractivity contribution < 1.29 is 0 Å². The van der Waals surface area contributed by atoms with Gasteiger partial charge in [-0.25, -0.2) is 0 Å². The summed E-state index contributed by atoms with van der Waals surface area (Å²) in [7, 11) is 0. The van der Waals surface area contributed by atoms with Gasteiger partial charge in [-0.05, 0) is 93.0 Å². The van der Waals surface area contributed by atoms with Gasteiger partial charge in [0.1, 0.15) is 0 Å². The Balaban J connectivity index is 1.67. The number of hydrogen-bond acceptors (Lipinski definition) is 1. The highest BCUT2D eigenvalue weighted by atomic mass is 14.9. The van der Waals surface area contributed by atoms with Crippen LogP contribution < -0.4 is 5.32 Å². The van der Waals surface area contributed by atoms with E-state index in [-0.39, 0.29) is 0 Å². The average molecular weight is 247 g/mol. The van der Waals surface area contributed by atoms with E-state index >= 15 is 0 Å². The summed E-state index contributed by atoms with van der Waals surface area (Å²) in [4.78, 5) is 0. The molecule has 5 aliphatic rings. The molecule has 1 unspecified atom stereocenters. The summed E-state index contributed by atoms with van der Waals surface area (Å²) in [5.41, 5.74) is 0.786. The molecule has 1 atom stereocenters. The Morgan fingerprint density at radius 3 is 2.28 bits per heavy atom. The molecule has 4 saturated carbocycles. The van der Waals surface area contributed by atoms with Crippen molar-refractivity contribution >= 4 is 0 Å². The highest BCUT2D eigenvalue weighted by Gasteiger charge is 2.59. The molecule has 1 N–H and O–H groups in total. The molecule has 5 rings (SSSR count). The van der Waals surface area contributed by atoms with Gasteiger partial charge in [-0.3, -0.25) is 0 Å². The van der Waals surface area contributed by atoms with Crippen LogP contribution in [0.5, 0.6) is 0 Å². The first-order valence-electron chi connectivity index (χ1n) is 8.53. The van der Waals surface area contributed by atoms with Gasteiger partial charge in [-0.2, -0.15) is 0 Å². The Bertz CT molecular complexity index is 286. The lowest BCUT2D eigenvalue weighted by molar-refractivity contribution is -0.154. The molecule has 4 aliphatic carbocycles. The summed E-state index contributed by atoms with van der Waals surface area (Å²) < 4.78 is 0. The molecule has 0 aromatic heterocycles. The van der Waals surface area contributed by atoms with E-state index in [9.17, 15) is 0 Å². The third-order valence-electron chi connectivity index (χ3n) is 7.18. The van der Waals surface area contributed by atoms with E-state index in [2.05, 4.69) is 12.2 Å². The van der Waals surface area contributed by atoms with Gasteiger partial charge in [0.2, 0.25) is 0 Å². The Morgan fingerprint density at radius 2 is 1.67 bits per heavy atom. The lowest BCUT2D eigenvalue weighted by atomic mass is 9.41. The zero-order valence-electron chi connectivity index (χ0n) is 12.0. The lowest BCUT2D eigenvalue weighted by Gasteiger charge is -2.65. The maximum atomic E-state index is 3.70.